The van der Waals surface area contributed by atoms with E-state index in [1.165, 1.54) is 12.2 Å². The quantitative estimate of drug-likeness (QED) is 0.557. The fraction of sp³-hybridized carbons (Fsp3) is 1.00. The number of hydrogen-bond donors (Lipinski definition) is 0. The number of rotatable bonds is 3. The summed E-state index contributed by atoms with van der Waals surface area (Å²) < 4.78 is 1.28. The summed E-state index contributed by atoms with van der Waals surface area (Å²) in [7, 11) is 0. The summed E-state index contributed by atoms with van der Waals surface area (Å²) in [5.74, 6) is 1.30. The highest BCUT2D eigenvalue weighted by atomic mass is 127. The van der Waals surface area contributed by atoms with Crippen molar-refractivity contribution in [2.75, 3.05) is 5.75 Å². The lowest BCUT2D eigenvalue weighted by molar-refractivity contribution is 0.797. The SMILES string of the molecule is CC(I)CCSC(C)(C)C. The van der Waals surface area contributed by atoms with Gasteiger partial charge in [-0.2, -0.15) is 11.8 Å². The van der Waals surface area contributed by atoms with Gasteiger partial charge in [-0.25, -0.2) is 0 Å². The van der Waals surface area contributed by atoms with Crippen LogP contribution in [0.25, 0.3) is 0 Å². The fourth-order valence-corrected chi connectivity index (χ4v) is 2.35. The molecule has 1 atom stereocenters. The Labute approximate surface area is 82.7 Å². The Hall–Kier alpha value is 1.08. The highest BCUT2D eigenvalue weighted by Gasteiger charge is 2.09. The largest absolute Gasteiger partial charge is 0.156 e. The fourth-order valence-electron chi connectivity index (χ4n) is 0.528. The van der Waals surface area contributed by atoms with Gasteiger partial charge in [0.05, 0.1) is 0 Å². The van der Waals surface area contributed by atoms with E-state index in [1.807, 2.05) is 0 Å². The molecule has 0 aliphatic heterocycles. The van der Waals surface area contributed by atoms with Gasteiger partial charge in [0.25, 0.3) is 0 Å². The van der Waals surface area contributed by atoms with Crippen molar-refractivity contribution in [1.82, 2.24) is 0 Å². The molecule has 0 aromatic carbocycles. The van der Waals surface area contributed by atoms with E-state index >= 15 is 0 Å². The summed E-state index contributed by atoms with van der Waals surface area (Å²) in [6.07, 6.45) is 1.34. The van der Waals surface area contributed by atoms with Crippen LogP contribution in [0.1, 0.15) is 34.1 Å². The minimum Gasteiger partial charge on any atom is -0.156 e. The summed E-state index contributed by atoms with van der Waals surface area (Å²) in [4.78, 5) is 0. The molecular formula is C8H17IS. The van der Waals surface area contributed by atoms with Crippen molar-refractivity contribution in [2.45, 2.75) is 42.8 Å². The standard InChI is InChI=1S/C8H17IS/c1-7(9)5-6-10-8(2,3)4/h7H,5-6H2,1-4H3. The molecule has 1 unspecified atom stereocenters. The van der Waals surface area contributed by atoms with Crippen molar-refractivity contribution in [1.29, 1.82) is 0 Å². The molecule has 0 amide bonds. The molecule has 0 aromatic heterocycles. The Bertz CT molecular complexity index is 83.7. The first-order valence-corrected chi connectivity index (χ1v) is 5.93. The zero-order valence-electron chi connectivity index (χ0n) is 7.28. The summed E-state index contributed by atoms with van der Waals surface area (Å²) in [5, 5.41) is 0. The monoisotopic (exact) mass is 272 g/mol. The van der Waals surface area contributed by atoms with Crippen molar-refractivity contribution < 1.29 is 0 Å². The molecular weight excluding hydrogens is 255 g/mol. The first-order valence-electron chi connectivity index (χ1n) is 3.70. The second-order valence-corrected chi connectivity index (χ2v) is 7.58. The van der Waals surface area contributed by atoms with Crippen molar-refractivity contribution in [2.24, 2.45) is 0 Å². The Morgan fingerprint density at radius 2 is 1.90 bits per heavy atom. The molecule has 62 valence electrons. The van der Waals surface area contributed by atoms with Crippen LogP contribution in [0.3, 0.4) is 0 Å². The molecule has 0 fully saturated rings. The van der Waals surface area contributed by atoms with Crippen molar-refractivity contribution in [3.05, 3.63) is 0 Å². The Kier molecular flexibility index (Phi) is 5.38. The number of thioether (sulfide) groups is 1. The predicted octanol–water partition coefficient (Wildman–Crippen LogP) is 3.73. The minimum atomic E-state index is 0.450. The molecule has 0 aliphatic rings. The second kappa shape index (κ2) is 4.86. The highest BCUT2D eigenvalue weighted by Crippen LogP contribution is 2.24. The van der Waals surface area contributed by atoms with Gasteiger partial charge in [0, 0.05) is 8.67 Å². The van der Waals surface area contributed by atoms with E-state index in [4.69, 9.17) is 0 Å². The van der Waals surface area contributed by atoms with E-state index in [-0.39, 0.29) is 0 Å². The van der Waals surface area contributed by atoms with E-state index < -0.39 is 0 Å². The van der Waals surface area contributed by atoms with Crippen LogP contribution in [-0.2, 0) is 0 Å². The van der Waals surface area contributed by atoms with Crippen LogP contribution in [0, 0.1) is 0 Å². The molecule has 0 rings (SSSR count). The van der Waals surface area contributed by atoms with Gasteiger partial charge in [0.1, 0.15) is 0 Å². The van der Waals surface area contributed by atoms with Gasteiger partial charge in [0.2, 0.25) is 0 Å². The Morgan fingerprint density at radius 3 is 2.20 bits per heavy atom. The number of halogens is 1. The maximum Gasteiger partial charge on any atom is 0.00891 e. The Morgan fingerprint density at radius 1 is 1.40 bits per heavy atom. The van der Waals surface area contributed by atoms with Gasteiger partial charge in [-0.1, -0.05) is 50.3 Å². The average Bonchev–Trinajstić information content (AvgIpc) is 1.59. The van der Waals surface area contributed by atoms with Gasteiger partial charge < -0.3 is 0 Å². The van der Waals surface area contributed by atoms with Crippen molar-refractivity contribution in [3.63, 3.8) is 0 Å². The zero-order valence-corrected chi connectivity index (χ0v) is 10.3. The molecule has 0 radical (unpaired) electrons. The summed E-state index contributed by atoms with van der Waals surface area (Å²) in [5.41, 5.74) is 0. The van der Waals surface area contributed by atoms with Crippen LogP contribution < -0.4 is 0 Å². The molecule has 10 heavy (non-hydrogen) atoms. The molecule has 0 aromatic rings. The lowest BCUT2D eigenvalue weighted by Crippen LogP contribution is -2.09. The van der Waals surface area contributed by atoms with Gasteiger partial charge in [-0.15, -0.1) is 0 Å². The topological polar surface area (TPSA) is 0 Å². The van der Waals surface area contributed by atoms with Gasteiger partial charge in [-0.3, -0.25) is 0 Å². The molecule has 0 N–H and O–H groups in total. The third kappa shape index (κ3) is 9.08. The van der Waals surface area contributed by atoms with E-state index in [9.17, 15) is 0 Å². The van der Waals surface area contributed by atoms with E-state index in [0.29, 0.717) is 4.75 Å². The third-order valence-corrected chi connectivity index (χ3v) is 2.98. The van der Waals surface area contributed by atoms with E-state index in [2.05, 4.69) is 62.0 Å². The Balaban J connectivity index is 3.21. The molecule has 0 aliphatic carbocycles. The predicted molar refractivity (Wildman–Crippen MR) is 60.3 cm³/mol. The smallest absolute Gasteiger partial charge is 0.00891 e. The summed E-state index contributed by atoms with van der Waals surface area (Å²) >= 11 is 4.54. The number of hydrogen-bond acceptors (Lipinski definition) is 1. The molecule has 0 bridgehead atoms. The van der Waals surface area contributed by atoms with Gasteiger partial charge in [0.15, 0.2) is 0 Å². The van der Waals surface area contributed by atoms with Gasteiger partial charge in [-0.05, 0) is 12.2 Å². The van der Waals surface area contributed by atoms with E-state index in [1.54, 1.807) is 0 Å². The maximum absolute atomic E-state index is 2.48. The lowest BCUT2D eigenvalue weighted by atomic mass is 10.3. The minimum absolute atomic E-state index is 0.450. The molecule has 0 nitrogen and oxygen atoms in total. The molecule has 2 heteroatoms. The van der Waals surface area contributed by atoms with Gasteiger partial charge >= 0.3 is 0 Å². The van der Waals surface area contributed by atoms with Crippen LogP contribution in [0.5, 0.6) is 0 Å². The zero-order chi connectivity index (χ0) is 8.20. The van der Waals surface area contributed by atoms with Crippen LogP contribution in [0.4, 0.5) is 0 Å². The van der Waals surface area contributed by atoms with Crippen LogP contribution >= 0.6 is 34.4 Å². The maximum atomic E-state index is 2.48. The molecule has 0 saturated heterocycles. The van der Waals surface area contributed by atoms with Crippen molar-refractivity contribution in [3.8, 4) is 0 Å². The third-order valence-electron chi connectivity index (χ3n) is 1.05. The normalized spacial score (nSPS) is 15.3. The molecule has 0 spiro atoms. The second-order valence-electron chi connectivity index (χ2n) is 3.53. The summed E-state index contributed by atoms with van der Waals surface area (Å²) in [6.45, 7) is 9.09. The van der Waals surface area contributed by atoms with E-state index in [0.717, 1.165) is 3.92 Å². The van der Waals surface area contributed by atoms with Crippen LogP contribution in [-0.4, -0.2) is 14.4 Å². The van der Waals surface area contributed by atoms with Crippen LogP contribution in [0.2, 0.25) is 0 Å². The molecule has 0 saturated carbocycles. The van der Waals surface area contributed by atoms with Crippen LogP contribution in [0.15, 0.2) is 0 Å². The lowest BCUT2D eigenvalue weighted by Gasteiger charge is -2.17. The first kappa shape index (κ1) is 11.1. The first-order chi connectivity index (χ1) is 4.42. The van der Waals surface area contributed by atoms with Crippen molar-refractivity contribution >= 4 is 34.4 Å². The molecule has 0 heterocycles. The average molecular weight is 272 g/mol. The summed E-state index contributed by atoms with van der Waals surface area (Å²) in [6, 6.07) is 0. The highest BCUT2D eigenvalue weighted by molar-refractivity contribution is 14.1. The number of alkyl halides is 1.